The number of hydrogen-bond donors (Lipinski definition) is 3. The lowest BCUT2D eigenvalue weighted by Gasteiger charge is -2.60. The van der Waals surface area contributed by atoms with Crippen LogP contribution < -0.4 is 5.73 Å². The van der Waals surface area contributed by atoms with Crippen LogP contribution in [0.5, 0.6) is 0 Å². The van der Waals surface area contributed by atoms with Gasteiger partial charge < -0.3 is 15.9 Å². The minimum Gasteiger partial charge on any atom is -0.393 e. The molecule has 0 bridgehead atoms. The molecular formula is C19H34NO2+. The molecule has 0 amide bonds. The minimum atomic E-state index is -0.197. The number of aliphatic hydroxyl groups excluding tert-OH is 2. The first-order valence-corrected chi connectivity index (χ1v) is 9.55. The average molecular weight is 308 g/mol. The number of rotatable bonds is 0. The predicted octanol–water partition coefficient (Wildman–Crippen LogP) is 1.97. The van der Waals surface area contributed by atoms with Gasteiger partial charge in [-0.15, -0.1) is 0 Å². The van der Waals surface area contributed by atoms with Crippen molar-refractivity contribution >= 4 is 0 Å². The Bertz CT molecular complexity index is 455. The smallest absolute Gasteiger partial charge is 0.111 e. The van der Waals surface area contributed by atoms with Gasteiger partial charge in [-0.3, -0.25) is 0 Å². The molecule has 0 saturated heterocycles. The zero-order valence-electron chi connectivity index (χ0n) is 14.3. The molecule has 4 aliphatic rings. The van der Waals surface area contributed by atoms with Crippen molar-refractivity contribution in [3.63, 3.8) is 0 Å². The largest absolute Gasteiger partial charge is 0.393 e. The summed E-state index contributed by atoms with van der Waals surface area (Å²) in [5, 5.41) is 20.8. The van der Waals surface area contributed by atoms with Crippen LogP contribution in [0.1, 0.15) is 65.2 Å². The molecule has 4 fully saturated rings. The van der Waals surface area contributed by atoms with Gasteiger partial charge in [-0.2, -0.15) is 0 Å². The lowest BCUT2D eigenvalue weighted by molar-refractivity contribution is -0.435. The van der Waals surface area contributed by atoms with E-state index in [4.69, 9.17) is 0 Å². The average Bonchev–Trinajstić information content (AvgIpc) is 2.72. The van der Waals surface area contributed by atoms with E-state index in [0.29, 0.717) is 11.3 Å². The first-order chi connectivity index (χ1) is 10.4. The standard InChI is InChI=1S/C19H33NO2/c1-18-7-5-12(21)9-11(18)3-4-13-14(18)6-8-19(2)15(13)10-16(20)17(19)22/h11-17,21-22H,3-10,20H2,1-2H3/p+1/t11-,12-,13-,14-,15+,16-,17-,18-,19-/m0/s1. The highest BCUT2D eigenvalue weighted by Gasteiger charge is 2.62. The fraction of sp³-hybridized carbons (Fsp3) is 1.00. The molecule has 0 aromatic rings. The Morgan fingerprint density at radius 3 is 2.36 bits per heavy atom. The number of fused-ring (bicyclic) bond motifs is 5. The fourth-order valence-electron chi connectivity index (χ4n) is 7.39. The molecule has 0 aliphatic heterocycles. The normalized spacial score (nSPS) is 61.2. The second-order valence-electron chi connectivity index (χ2n) is 9.57. The Kier molecular flexibility index (Phi) is 3.46. The third-order valence-corrected chi connectivity index (χ3v) is 8.75. The van der Waals surface area contributed by atoms with Crippen molar-refractivity contribution in [3.8, 4) is 0 Å². The van der Waals surface area contributed by atoms with Crippen LogP contribution in [0.25, 0.3) is 0 Å². The van der Waals surface area contributed by atoms with Gasteiger partial charge in [0.1, 0.15) is 12.1 Å². The summed E-state index contributed by atoms with van der Waals surface area (Å²) in [4.78, 5) is 0. The number of hydrogen-bond acceptors (Lipinski definition) is 2. The van der Waals surface area contributed by atoms with Crippen LogP contribution in [0.2, 0.25) is 0 Å². The summed E-state index contributed by atoms with van der Waals surface area (Å²) in [6.45, 7) is 4.86. The second kappa shape index (κ2) is 4.94. The van der Waals surface area contributed by atoms with Crippen LogP contribution >= 0.6 is 0 Å². The van der Waals surface area contributed by atoms with E-state index in [1.54, 1.807) is 0 Å². The second-order valence-corrected chi connectivity index (χ2v) is 9.57. The molecule has 0 aromatic carbocycles. The highest BCUT2D eigenvalue weighted by molar-refractivity contribution is 5.11. The van der Waals surface area contributed by atoms with Crippen LogP contribution in [-0.2, 0) is 0 Å². The zero-order chi connectivity index (χ0) is 15.7. The number of quaternary nitrogens is 1. The summed E-state index contributed by atoms with van der Waals surface area (Å²) in [5.74, 6) is 3.00. The van der Waals surface area contributed by atoms with E-state index in [2.05, 4.69) is 19.6 Å². The zero-order valence-corrected chi connectivity index (χ0v) is 14.3. The van der Waals surface area contributed by atoms with Crippen molar-refractivity contribution in [2.75, 3.05) is 0 Å². The summed E-state index contributed by atoms with van der Waals surface area (Å²) in [6.07, 6.45) is 9.18. The van der Waals surface area contributed by atoms with Gasteiger partial charge in [-0.25, -0.2) is 0 Å². The maximum Gasteiger partial charge on any atom is 0.111 e. The molecule has 9 atom stereocenters. The van der Waals surface area contributed by atoms with E-state index in [0.717, 1.165) is 37.0 Å². The molecule has 0 spiro atoms. The summed E-state index contributed by atoms with van der Waals surface area (Å²) < 4.78 is 0. The molecule has 126 valence electrons. The lowest BCUT2D eigenvalue weighted by Crippen LogP contribution is -2.65. The van der Waals surface area contributed by atoms with Crippen molar-refractivity contribution in [1.29, 1.82) is 0 Å². The summed E-state index contributed by atoms with van der Waals surface area (Å²) in [7, 11) is 0. The quantitative estimate of drug-likeness (QED) is 0.640. The maximum atomic E-state index is 10.7. The Labute approximate surface area is 134 Å². The first-order valence-electron chi connectivity index (χ1n) is 9.55. The highest BCUT2D eigenvalue weighted by Crippen LogP contribution is 2.65. The van der Waals surface area contributed by atoms with E-state index >= 15 is 0 Å². The molecule has 3 nitrogen and oxygen atoms in total. The van der Waals surface area contributed by atoms with Crippen molar-refractivity contribution in [2.24, 2.45) is 34.5 Å². The molecule has 4 rings (SSSR count). The van der Waals surface area contributed by atoms with Gasteiger partial charge in [0.15, 0.2) is 0 Å². The predicted molar refractivity (Wildman–Crippen MR) is 85.8 cm³/mol. The van der Waals surface area contributed by atoms with Crippen molar-refractivity contribution in [3.05, 3.63) is 0 Å². The van der Waals surface area contributed by atoms with Crippen molar-refractivity contribution < 1.29 is 15.9 Å². The van der Waals surface area contributed by atoms with E-state index in [1.807, 2.05) is 0 Å². The third kappa shape index (κ3) is 1.91. The SMILES string of the molecule is C[C@]12CC[C@H]3[C@H](CC[C@H]4C[C@@H](O)CC[C@@]43C)[C@H]1C[C@H]([NH3+])[C@@H]2O. The van der Waals surface area contributed by atoms with Gasteiger partial charge in [0, 0.05) is 11.8 Å². The van der Waals surface area contributed by atoms with E-state index in [-0.39, 0.29) is 23.7 Å². The topological polar surface area (TPSA) is 68.1 Å². The maximum absolute atomic E-state index is 10.7. The first kappa shape index (κ1) is 15.4. The number of aliphatic hydroxyl groups is 2. The third-order valence-electron chi connectivity index (χ3n) is 8.75. The van der Waals surface area contributed by atoms with E-state index in [9.17, 15) is 10.2 Å². The molecule has 3 heteroatoms. The van der Waals surface area contributed by atoms with E-state index in [1.165, 1.54) is 32.1 Å². The Hall–Kier alpha value is -0.120. The van der Waals surface area contributed by atoms with Gasteiger partial charge >= 0.3 is 0 Å². The molecule has 4 aliphatic carbocycles. The molecule has 22 heavy (non-hydrogen) atoms. The molecule has 0 heterocycles. The van der Waals surface area contributed by atoms with Crippen LogP contribution in [-0.4, -0.2) is 28.5 Å². The lowest BCUT2D eigenvalue weighted by atomic mass is 9.45. The molecule has 4 saturated carbocycles. The van der Waals surface area contributed by atoms with Gasteiger partial charge in [0.05, 0.1) is 6.10 Å². The summed E-state index contributed by atoms with van der Waals surface area (Å²) in [6, 6.07) is 0.229. The molecule has 0 aromatic heterocycles. The Balaban J connectivity index is 1.63. The van der Waals surface area contributed by atoms with Gasteiger partial charge in [-0.1, -0.05) is 13.8 Å². The highest BCUT2D eigenvalue weighted by atomic mass is 16.3. The van der Waals surface area contributed by atoms with E-state index < -0.39 is 0 Å². The fourth-order valence-corrected chi connectivity index (χ4v) is 7.39. The molecule has 0 radical (unpaired) electrons. The van der Waals surface area contributed by atoms with Crippen LogP contribution in [0.3, 0.4) is 0 Å². The van der Waals surface area contributed by atoms with Crippen molar-refractivity contribution in [2.45, 2.75) is 83.5 Å². The Morgan fingerprint density at radius 1 is 0.864 bits per heavy atom. The van der Waals surface area contributed by atoms with Gasteiger partial charge in [0.2, 0.25) is 0 Å². The minimum absolute atomic E-state index is 0.0546. The monoisotopic (exact) mass is 308 g/mol. The van der Waals surface area contributed by atoms with Crippen LogP contribution in [0.4, 0.5) is 0 Å². The summed E-state index contributed by atoms with van der Waals surface area (Å²) >= 11 is 0. The molecule has 5 N–H and O–H groups in total. The summed E-state index contributed by atoms with van der Waals surface area (Å²) in [5.41, 5.74) is 4.81. The molecule has 0 unspecified atom stereocenters. The Morgan fingerprint density at radius 2 is 1.59 bits per heavy atom. The van der Waals surface area contributed by atoms with Gasteiger partial charge in [0.25, 0.3) is 0 Å². The van der Waals surface area contributed by atoms with Crippen molar-refractivity contribution in [1.82, 2.24) is 0 Å². The molecular weight excluding hydrogens is 274 g/mol. The van der Waals surface area contributed by atoms with Crippen LogP contribution in [0, 0.1) is 34.5 Å². The van der Waals surface area contributed by atoms with Gasteiger partial charge in [-0.05, 0) is 74.0 Å². The van der Waals surface area contributed by atoms with Crippen LogP contribution in [0.15, 0.2) is 0 Å².